The van der Waals surface area contributed by atoms with Crippen molar-refractivity contribution >= 4 is 29.6 Å². The molecule has 0 aliphatic carbocycles. The Balaban J connectivity index is 1.59. The van der Waals surface area contributed by atoms with Gasteiger partial charge in [-0.25, -0.2) is 4.68 Å². The van der Waals surface area contributed by atoms with E-state index >= 15 is 0 Å². The number of carbonyl (C=O) groups is 2. The van der Waals surface area contributed by atoms with Crippen LogP contribution in [0.15, 0.2) is 53.6 Å². The minimum absolute atomic E-state index is 0.350. The second kappa shape index (κ2) is 7.05. The van der Waals surface area contributed by atoms with E-state index in [1.807, 2.05) is 31.2 Å². The first-order chi connectivity index (χ1) is 13.5. The summed E-state index contributed by atoms with van der Waals surface area (Å²) in [5.74, 6) is -0.893. The van der Waals surface area contributed by atoms with E-state index in [2.05, 4.69) is 10.2 Å². The summed E-state index contributed by atoms with van der Waals surface area (Å²) in [6.07, 6.45) is 1.41. The van der Waals surface area contributed by atoms with Gasteiger partial charge in [-0.05, 0) is 31.5 Å². The first-order valence-electron chi connectivity index (χ1n) is 8.76. The summed E-state index contributed by atoms with van der Waals surface area (Å²) in [6, 6.07) is 14.8. The summed E-state index contributed by atoms with van der Waals surface area (Å²) in [4.78, 5) is 24.8. The lowest BCUT2D eigenvalue weighted by Gasteiger charge is -2.06. The predicted molar refractivity (Wildman–Crippen MR) is 107 cm³/mol. The molecule has 0 N–H and O–H groups in total. The maximum absolute atomic E-state index is 12.4. The summed E-state index contributed by atoms with van der Waals surface area (Å²) in [5.41, 5.74) is 4.19. The third kappa shape index (κ3) is 3.12. The van der Waals surface area contributed by atoms with Gasteiger partial charge < -0.3 is 0 Å². The molecule has 1 aromatic heterocycles. The molecule has 28 heavy (non-hydrogen) atoms. The Morgan fingerprint density at radius 2 is 1.61 bits per heavy atom. The van der Waals surface area contributed by atoms with Gasteiger partial charge in [0.2, 0.25) is 0 Å². The molecule has 3 aromatic rings. The highest BCUT2D eigenvalue weighted by atomic mass is 35.5. The van der Waals surface area contributed by atoms with Crippen molar-refractivity contribution in [2.45, 2.75) is 20.4 Å². The smallest absolute Gasteiger partial charge is 0.267 e. The van der Waals surface area contributed by atoms with Gasteiger partial charge in [-0.1, -0.05) is 53.6 Å². The van der Waals surface area contributed by atoms with Crippen LogP contribution in [0, 0.1) is 13.8 Å². The first kappa shape index (κ1) is 18.1. The highest BCUT2D eigenvalue weighted by molar-refractivity contribution is 6.32. The van der Waals surface area contributed by atoms with Crippen molar-refractivity contribution in [3.05, 3.63) is 87.2 Å². The molecular weight excluding hydrogens is 376 g/mol. The number of nitrogens with zero attached hydrogens (tertiary/aromatic N) is 4. The van der Waals surface area contributed by atoms with E-state index in [1.165, 1.54) is 11.8 Å². The molecule has 0 spiro atoms. The average molecular weight is 393 g/mol. The van der Waals surface area contributed by atoms with Gasteiger partial charge in [0.25, 0.3) is 11.8 Å². The molecule has 0 saturated heterocycles. The molecule has 1 aliphatic heterocycles. The van der Waals surface area contributed by atoms with Crippen LogP contribution in [0.5, 0.6) is 0 Å². The van der Waals surface area contributed by atoms with E-state index in [9.17, 15) is 9.59 Å². The zero-order chi connectivity index (χ0) is 19.8. The lowest BCUT2D eigenvalue weighted by atomic mass is 10.1. The molecule has 2 amide bonds. The van der Waals surface area contributed by atoms with E-state index in [1.54, 1.807) is 35.9 Å². The quantitative estimate of drug-likeness (QED) is 0.500. The van der Waals surface area contributed by atoms with E-state index < -0.39 is 11.8 Å². The third-order valence-corrected chi connectivity index (χ3v) is 5.04. The van der Waals surface area contributed by atoms with E-state index in [-0.39, 0.29) is 0 Å². The van der Waals surface area contributed by atoms with Gasteiger partial charge in [-0.15, -0.1) is 0 Å². The molecule has 0 radical (unpaired) electrons. The van der Waals surface area contributed by atoms with Crippen LogP contribution in [-0.2, 0) is 6.54 Å². The molecule has 0 atom stereocenters. The van der Waals surface area contributed by atoms with Crippen molar-refractivity contribution in [1.82, 2.24) is 14.8 Å². The maximum atomic E-state index is 12.4. The van der Waals surface area contributed by atoms with Gasteiger partial charge in [-0.2, -0.15) is 15.2 Å². The van der Waals surface area contributed by atoms with E-state index in [0.29, 0.717) is 34.1 Å². The maximum Gasteiger partial charge on any atom is 0.282 e. The largest absolute Gasteiger partial charge is 0.282 e. The Morgan fingerprint density at radius 1 is 1.00 bits per heavy atom. The number of carbonyl (C=O) groups excluding carboxylic acids is 2. The Labute approximate surface area is 167 Å². The van der Waals surface area contributed by atoms with Crippen LogP contribution in [-0.4, -0.2) is 32.8 Å². The van der Waals surface area contributed by atoms with E-state index in [0.717, 1.165) is 10.6 Å². The Morgan fingerprint density at radius 3 is 2.21 bits per heavy atom. The van der Waals surface area contributed by atoms with Gasteiger partial charge in [0.05, 0.1) is 35.1 Å². The van der Waals surface area contributed by atoms with Crippen molar-refractivity contribution < 1.29 is 9.59 Å². The molecule has 0 saturated carbocycles. The molecule has 140 valence electrons. The summed E-state index contributed by atoms with van der Waals surface area (Å²) in [5, 5.41) is 9.81. The number of benzene rings is 2. The molecule has 1 aliphatic rings. The van der Waals surface area contributed by atoms with Gasteiger partial charge in [0.1, 0.15) is 5.15 Å². The molecular formula is C21H17ClN4O2. The molecule has 0 unspecified atom stereocenters. The third-order valence-electron chi connectivity index (χ3n) is 4.64. The second-order valence-corrected chi connectivity index (χ2v) is 7.00. The van der Waals surface area contributed by atoms with Gasteiger partial charge in [0, 0.05) is 0 Å². The standard InChI is InChI=1S/C21H17ClN4O2/c1-13-7-9-15(10-8-13)12-25-19(22)18(14(2)24-25)11-23-26-20(27)16-5-3-4-6-17(16)21(26)28/h3-11H,12H2,1-2H3/b23-11-. The van der Waals surface area contributed by atoms with Crippen LogP contribution >= 0.6 is 11.6 Å². The summed E-state index contributed by atoms with van der Waals surface area (Å²) in [7, 11) is 0. The molecule has 6 nitrogen and oxygen atoms in total. The molecule has 0 bridgehead atoms. The second-order valence-electron chi connectivity index (χ2n) is 6.65. The van der Waals surface area contributed by atoms with Crippen molar-refractivity contribution in [2.24, 2.45) is 5.10 Å². The number of imide groups is 1. The Hall–Kier alpha value is -3.25. The van der Waals surface area contributed by atoms with Crippen LogP contribution in [0.2, 0.25) is 5.15 Å². The fourth-order valence-electron chi connectivity index (χ4n) is 3.08. The van der Waals surface area contributed by atoms with Crippen LogP contribution in [0.3, 0.4) is 0 Å². The van der Waals surface area contributed by atoms with Gasteiger partial charge in [0.15, 0.2) is 0 Å². The fourth-order valence-corrected chi connectivity index (χ4v) is 3.36. The van der Waals surface area contributed by atoms with Crippen molar-refractivity contribution in [2.75, 3.05) is 0 Å². The Bertz CT molecular complexity index is 1080. The minimum Gasteiger partial charge on any atom is -0.267 e. The lowest BCUT2D eigenvalue weighted by Crippen LogP contribution is -2.24. The number of amides is 2. The molecule has 2 heterocycles. The minimum atomic E-state index is -0.447. The first-order valence-corrected chi connectivity index (χ1v) is 9.13. The summed E-state index contributed by atoms with van der Waals surface area (Å²) in [6.45, 7) is 4.35. The molecule has 7 heteroatoms. The number of halogens is 1. The SMILES string of the molecule is Cc1ccc(Cn2nc(C)c(/C=N\N3C(=O)c4ccccc4C3=O)c2Cl)cc1. The zero-order valence-corrected chi connectivity index (χ0v) is 16.1. The number of hydrogen-bond donors (Lipinski definition) is 0. The summed E-state index contributed by atoms with van der Waals surface area (Å²) >= 11 is 6.48. The molecule has 2 aromatic carbocycles. The normalized spacial score (nSPS) is 13.6. The highest BCUT2D eigenvalue weighted by Gasteiger charge is 2.35. The number of aromatic nitrogens is 2. The topological polar surface area (TPSA) is 67.6 Å². The van der Waals surface area contributed by atoms with Crippen molar-refractivity contribution in [1.29, 1.82) is 0 Å². The van der Waals surface area contributed by atoms with Crippen LogP contribution in [0.25, 0.3) is 0 Å². The monoisotopic (exact) mass is 392 g/mol. The lowest BCUT2D eigenvalue weighted by molar-refractivity contribution is 0.0660. The average Bonchev–Trinajstić information content (AvgIpc) is 3.09. The summed E-state index contributed by atoms with van der Waals surface area (Å²) < 4.78 is 1.67. The zero-order valence-electron chi connectivity index (χ0n) is 15.4. The molecule has 0 fully saturated rings. The van der Waals surface area contributed by atoms with Crippen LogP contribution in [0.1, 0.15) is 43.1 Å². The number of hydrazone groups is 1. The van der Waals surface area contributed by atoms with Crippen LogP contribution < -0.4 is 0 Å². The highest BCUT2D eigenvalue weighted by Crippen LogP contribution is 2.24. The number of rotatable bonds is 4. The van der Waals surface area contributed by atoms with Crippen molar-refractivity contribution in [3.8, 4) is 0 Å². The van der Waals surface area contributed by atoms with Gasteiger partial charge >= 0.3 is 0 Å². The Kier molecular flexibility index (Phi) is 4.57. The van der Waals surface area contributed by atoms with Crippen LogP contribution in [0.4, 0.5) is 0 Å². The molecule has 4 rings (SSSR count). The van der Waals surface area contributed by atoms with Gasteiger partial charge in [-0.3, -0.25) is 9.59 Å². The van der Waals surface area contributed by atoms with E-state index in [4.69, 9.17) is 11.6 Å². The number of aryl methyl sites for hydroxylation is 2. The fraction of sp³-hybridized carbons (Fsp3) is 0.143. The number of hydrogen-bond acceptors (Lipinski definition) is 4. The van der Waals surface area contributed by atoms with Crippen molar-refractivity contribution in [3.63, 3.8) is 0 Å². The number of fused-ring (bicyclic) bond motifs is 1. The predicted octanol–water partition coefficient (Wildman–Crippen LogP) is 3.83.